The molecule has 0 aliphatic heterocycles. The highest BCUT2D eigenvalue weighted by atomic mass is 35.5. The zero-order valence-corrected chi connectivity index (χ0v) is 11.6. The number of hydrogen-bond donors (Lipinski definition) is 2. The third-order valence-corrected chi connectivity index (χ3v) is 4.46. The number of hydrogen-bond acceptors (Lipinski definition) is 3. The molecule has 100 valence electrons. The lowest BCUT2D eigenvalue weighted by Gasteiger charge is -2.09. The first kappa shape index (κ1) is 13.9. The summed E-state index contributed by atoms with van der Waals surface area (Å²) in [6.45, 7) is 0.121. The summed E-state index contributed by atoms with van der Waals surface area (Å²) >= 11 is 5.97. The summed E-state index contributed by atoms with van der Waals surface area (Å²) < 4.78 is 26.7. The van der Waals surface area contributed by atoms with Crippen molar-refractivity contribution in [3.8, 4) is 0 Å². The van der Waals surface area contributed by atoms with Gasteiger partial charge in [0.15, 0.2) is 0 Å². The SMILES string of the molecule is Nc1ccccc1S(=O)(=O)NCc1ccccc1Cl. The Labute approximate surface area is 117 Å². The molecular formula is C13H13ClN2O2S. The van der Waals surface area contributed by atoms with E-state index in [-0.39, 0.29) is 17.1 Å². The van der Waals surface area contributed by atoms with Gasteiger partial charge in [-0.05, 0) is 23.8 Å². The maximum atomic E-state index is 12.1. The molecule has 19 heavy (non-hydrogen) atoms. The van der Waals surface area contributed by atoms with Gasteiger partial charge in [0.05, 0.1) is 5.69 Å². The van der Waals surface area contributed by atoms with Crippen molar-refractivity contribution in [3.05, 3.63) is 59.1 Å². The van der Waals surface area contributed by atoms with Crippen LogP contribution in [0.2, 0.25) is 5.02 Å². The Kier molecular flexibility index (Phi) is 4.09. The molecule has 3 N–H and O–H groups in total. The summed E-state index contributed by atoms with van der Waals surface area (Å²) in [5.41, 5.74) is 6.59. The Bertz CT molecular complexity index is 687. The molecule has 6 heteroatoms. The molecule has 0 saturated heterocycles. The summed E-state index contributed by atoms with van der Waals surface area (Å²) in [6, 6.07) is 13.4. The number of halogens is 1. The normalized spacial score (nSPS) is 11.4. The standard InChI is InChI=1S/C13H13ClN2O2S/c14-11-6-2-1-5-10(11)9-16-19(17,18)13-8-4-3-7-12(13)15/h1-8,16H,9,15H2. The molecule has 0 heterocycles. The van der Waals surface area contributed by atoms with Gasteiger partial charge in [-0.2, -0.15) is 0 Å². The van der Waals surface area contributed by atoms with Crippen molar-refractivity contribution in [1.82, 2.24) is 4.72 Å². The number of nitrogens with two attached hydrogens (primary N) is 1. The van der Waals surface area contributed by atoms with Crippen LogP contribution in [0.15, 0.2) is 53.4 Å². The predicted octanol–water partition coefficient (Wildman–Crippen LogP) is 2.40. The van der Waals surface area contributed by atoms with Crippen LogP contribution in [-0.2, 0) is 16.6 Å². The minimum Gasteiger partial charge on any atom is -0.398 e. The summed E-state index contributed by atoms with van der Waals surface area (Å²) in [6.07, 6.45) is 0. The second kappa shape index (κ2) is 5.61. The van der Waals surface area contributed by atoms with Crippen LogP contribution in [0.25, 0.3) is 0 Å². The highest BCUT2D eigenvalue weighted by molar-refractivity contribution is 7.89. The Morgan fingerprint density at radius 2 is 1.68 bits per heavy atom. The number of benzene rings is 2. The minimum atomic E-state index is -3.64. The number of sulfonamides is 1. The van der Waals surface area contributed by atoms with E-state index in [2.05, 4.69) is 4.72 Å². The van der Waals surface area contributed by atoms with Crippen molar-refractivity contribution in [1.29, 1.82) is 0 Å². The van der Waals surface area contributed by atoms with Gasteiger partial charge in [0, 0.05) is 11.6 Å². The van der Waals surface area contributed by atoms with Gasteiger partial charge in [0.25, 0.3) is 0 Å². The van der Waals surface area contributed by atoms with Crippen LogP contribution < -0.4 is 10.5 Å². The lowest BCUT2D eigenvalue weighted by atomic mass is 10.2. The average Bonchev–Trinajstić information content (AvgIpc) is 2.38. The van der Waals surface area contributed by atoms with E-state index in [1.165, 1.54) is 6.07 Å². The molecule has 0 amide bonds. The summed E-state index contributed by atoms with van der Waals surface area (Å²) in [7, 11) is -3.64. The van der Waals surface area contributed by atoms with Crippen molar-refractivity contribution >= 4 is 27.3 Å². The van der Waals surface area contributed by atoms with Crippen molar-refractivity contribution in [2.45, 2.75) is 11.4 Å². The first-order valence-corrected chi connectivity index (χ1v) is 7.44. The van der Waals surface area contributed by atoms with E-state index in [4.69, 9.17) is 17.3 Å². The second-order valence-corrected chi connectivity index (χ2v) is 6.10. The zero-order chi connectivity index (χ0) is 13.9. The molecule has 0 atom stereocenters. The molecule has 0 spiro atoms. The van der Waals surface area contributed by atoms with Gasteiger partial charge in [-0.15, -0.1) is 0 Å². The molecule has 0 unspecified atom stereocenters. The average molecular weight is 297 g/mol. The van der Waals surface area contributed by atoms with E-state index in [9.17, 15) is 8.42 Å². The van der Waals surface area contributed by atoms with Gasteiger partial charge in [0.2, 0.25) is 10.0 Å². The fraction of sp³-hybridized carbons (Fsp3) is 0.0769. The number of para-hydroxylation sites is 1. The predicted molar refractivity (Wildman–Crippen MR) is 76.3 cm³/mol. The number of nitrogens with one attached hydrogen (secondary N) is 1. The first-order chi connectivity index (χ1) is 9.00. The van der Waals surface area contributed by atoms with Crippen LogP contribution in [0.1, 0.15) is 5.56 Å². The molecule has 0 fully saturated rings. The van der Waals surface area contributed by atoms with E-state index in [0.717, 1.165) is 0 Å². The molecule has 0 saturated carbocycles. The maximum Gasteiger partial charge on any atom is 0.242 e. The van der Waals surface area contributed by atoms with E-state index in [0.29, 0.717) is 10.6 Å². The zero-order valence-electron chi connectivity index (χ0n) is 10.0. The van der Waals surface area contributed by atoms with Gasteiger partial charge in [-0.1, -0.05) is 41.9 Å². The summed E-state index contributed by atoms with van der Waals surface area (Å²) in [4.78, 5) is 0.0713. The Morgan fingerprint density at radius 1 is 1.05 bits per heavy atom. The molecule has 2 aromatic rings. The van der Waals surface area contributed by atoms with Crippen molar-refractivity contribution in [2.24, 2.45) is 0 Å². The fourth-order valence-electron chi connectivity index (χ4n) is 1.62. The van der Waals surface area contributed by atoms with E-state index >= 15 is 0 Å². The molecule has 2 rings (SSSR count). The molecule has 2 aromatic carbocycles. The number of nitrogen functional groups attached to an aromatic ring is 1. The Morgan fingerprint density at radius 3 is 2.37 bits per heavy atom. The molecule has 0 radical (unpaired) electrons. The highest BCUT2D eigenvalue weighted by Crippen LogP contribution is 2.19. The lowest BCUT2D eigenvalue weighted by Crippen LogP contribution is -2.24. The van der Waals surface area contributed by atoms with Crippen LogP contribution in [0.4, 0.5) is 5.69 Å². The van der Waals surface area contributed by atoms with Gasteiger partial charge >= 0.3 is 0 Å². The van der Waals surface area contributed by atoms with Gasteiger partial charge in [-0.25, -0.2) is 13.1 Å². The molecule has 0 bridgehead atoms. The summed E-state index contributed by atoms with van der Waals surface area (Å²) in [5, 5.41) is 0.520. The smallest absolute Gasteiger partial charge is 0.242 e. The largest absolute Gasteiger partial charge is 0.398 e. The highest BCUT2D eigenvalue weighted by Gasteiger charge is 2.16. The molecule has 0 aliphatic carbocycles. The van der Waals surface area contributed by atoms with Crippen LogP contribution in [-0.4, -0.2) is 8.42 Å². The minimum absolute atomic E-state index is 0.0713. The first-order valence-electron chi connectivity index (χ1n) is 5.58. The van der Waals surface area contributed by atoms with Crippen molar-refractivity contribution < 1.29 is 8.42 Å². The Balaban J connectivity index is 2.20. The summed E-state index contributed by atoms with van der Waals surface area (Å²) in [5.74, 6) is 0. The van der Waals surface area contributed by atoms with Crippen LogP contribution in [0.5, 0.6) is 0 Å². The molecule has 0 aromatic heterocycles. The second-order valence-electron chi connectivity index (χ2n) is 3.95. The third-order valence-electron chi connectivity index (χ3n) is 2.62. The van der Waals surface area contributed by atoms with Crippen LogP contribution in [0.3, 0.4) is 0 Å². The topological polar surface area (TPSA) is 72.2 Å². The maximum absolute atomic E-state index is 12.1. The molecule has 0 aliphatic rings. The van der Waals surface area contributed by atoms with Gasteiger partial charge in [-0.3, -0.25) is 0 Å². The monoisotopic (exact) mass is 296 g/mol. The third kappa shape index (κ3) is 3.26. The quantitative estimate of drug-likeness (QED) is 0.851. The van der Waals surface area contributed by atoms with E-state index < -0.39 is 10.0 Å². The number of anilines is 1. The van der Waals surface area contributed by atoms with Crippen LogP contribution >= 0.6 is 11.6 Å². The van der Waals surface area contributed by atoms with Crippen LogP contribution in [0, 0.1) is 0 Å². The number of rotatable bonds is 4. The van der Waals surface area contributed by atoms with E-state index in [1.54, 1.807) is 42.5 Å². The van der Waals surface area contributed by atoms with Crippen molar-refractivity contribution in [2.75, 3.05) is 5.73 Å². The molecule has 4 nitrogen and oxygen atoms in total. The van der Waals surface area contributed by atoms with Gasteiger partial charge < -0.3 is 5.73 Å². The lowest BCUT2D eigenvalue weighted by molar-refractivity contribution is 0.582. The molecular weight excluding hydrogens is 284 g/mol. The fourth-order valence-corrected chi connectivity index (χ4v) is 2.96. The Hall–Kier alpha value is -1.56. The van der Waals surface area contributed by atoms with E-state index in [1.807, 2.05) is 0 Å². The van der Waals surface area contributed by atoms with Gasteiger partial charge in [0.1, 0.15) is 4.90 Å². The van der Waals surface area contributed by atoms with Crippen molar-refractivity contribution in [3.63, 3.8) is 0 Å².